The monoisotopic (exact) mass is 324 g/mol. The molecule has 0 bridgehead atoms. The maximum atomic E-state index is 11.1. The van der Waals surface area contributed by atoms with Crippen molar-refractivity contribution in [2.45, 2.75) is 5.22 Å². The van der Waals surface area contributed by atoms with Crippen LogP contribution in [-0.4, -0.2) is 36.4 Å². The minimum atomic E-state index is -2.99. The van der Waals surface area contributed by atoms with Crippen LogP contribution in [0.25, 0.3) is 22.6 Å². The zero-order valence-corrected chi connectivity index (χ0v) is 12.8. The molecule has 3 rings (SSSR count). The average Bonchev–Trinajstić information content (AvgIpc) is 3.02. The van der Waals surface area contributed by atoms with Gasteiger partial charge in [0.2, 0.25) is 0 Å². The van der Waals surface area contributed by atoms with E-state index < -0.39 is 9.84 Å². The quantitative estimate of drug-likeness (QED) is 0.667. The van der Waals surface area contributed by atoms with E-state index in [0.29, 0.717) is 16.7 Å². The van der Waals surface area contributed by atoms with E-state index in [1.165, 1.54) is 18.0 Å². The van der Waals surface area contributed by atoms with Gasteiger partial charge in [0.15, 0.2) is 5.76 Å². The summed E-state index contributed by atoms with van der Waals surface area (Å²) in [5.41, 5.74) is 0.747. The first-order chi connectivity index (χ1) is 10.0. The second-order valence-electron chi connectivity index (χ2n) is 4.50. The Morgan fingerprint density at radius 3 is 2.76 bits per heavy atom. The number of rotatable bonds is 5. The Morgan fingerprint density at radius 1 is 1.19 bits per heavy atom. The lowest BCUT2D eigenvalue weighted by atomic mass is 10.2. The molecule has 0 amide bonds. The summed E-state index contributed by atoms with van der Waals surface area (Å²) in [6, 6.07) is 9.42. The van der Waals surface area contributed by atoms with Crippen molar-refractivity contribution < 1.29 is 17.3 Å². The Morgan fingerprint density at radius 2 is 2.00 bits per heavy atom. The second-order valence-corrected chi connectivity index (χ2v) is 7.81. The van der Waals surface area contributed by atoms with E-state index in [0.717, 1.165) is 11.0 Å². The molecule has 6 nitrogen and oxygen atoms in total. The molecule has 21 heavy (non-hydrogen) atoms. The number of thioether (sulfide) groups is 1. The topological polar surface area (TPSA) is 86.2 Å². The molecule has 0 saturated carbocycles. The first-order valence-electron chi connectivity index (χ1n) is 6.14. The Labute approximate surface area is 125 Å². The fourth-order valence-electron chi connectivity index (χ4n) is 1.74. The summed E-state index contributed by atoms with van der Waals surface area (Å²) in [5, 5.41) is 9.07. The Kier molecular flexibility index (Phi) is 3.73. The predicted octanol–water partition coefficient (Wildman–Crippen LogP) is 2.62. The van der Waals surface area contributed by atoms with Gasteiger partial charge in [-0.05, 0) is 12.1 Å². The van der Waals surface area contributed by atoms with Crippen LogP contribution in [0, 0.1) is 0 Å². The Bertz CT molecular complexity index is 834. The lowest BCUT2D eigenvalue weighted by Gasteiger charge is -1.94. The maximum Gasteiger partial charge on any atom is 0.284 e. The van der Waals surface area contributed by atoms with Crippen molar-refractivity contribution in [1.29, 1.82) is 0 Å². The Hall–Kier alpha value is -1.80. The van der Waals surface area contributed by atoms with Gasteiger partial charge < -0.3 is 8.83 Å². The largest absolute Gasteiger partial charge is 0.451 e. The van der Waals surface area contributed by atoms with Crippen molar-refractivity contribution in [2.75, 3.05) is 17.8 Å². The highest BCUT2D eigenvalue weighted by molar-refractivity contribution is 8.00. The number of fused-ring (bicyclic) bond motifs is 1. The molecule has 110 valence electrons. The number of furan rings is 1. The molecule has 3 aromatic rings. The van der Waals surface area contributed by atoms with Gasteiger partial charge in [-0.25, -0.2) is 8.42 Å². The van der Waals surface area contributed by atoms with Gasteiger partial charge in [-0.2, -0.15) is 0 Å². The van der Waals surface area contributed by atoms with Gasteiger partial charge in [-0.1, -0.05) is 30.0 Å². The zero-order chi connectivity index (χ0) is 14.9. The third kappa shape index (κ3) is 3.45. The van der Waals surface area contributed by atoms with Crippen molar-refractivity contribution in [2.24, 2.45) is 0 Å². The van der Waals surface area contributed by atoms with Crippen LogP contribution in [0.3, 0.4) is 0 Å². The number of hydrogen-bond acceptors (Lipinski definition) is 7. The van der Waals surface area contributed by atoms with E-state index in [-0.39, 0.29) is 11.6 Å². The molecule has 0 aliphatic heterocycles. The number of para-hydroxylation sites is 1. The number of aromatic nitrogens is 2. The Balaban J connectivity index is 1.75. The van der Waals surface area contributed by atoms with Gasteiger partial charge in [0.05, 0.1) is 5.75 Å². The van der Waals surface area contributed by atoms with Crippen LogP contribution in [-0.2, 0) is 9.84 Å². The van der Waals surface area contributed by atoms with Gasteiger partial charge in [0, 0.05) is 17.4 Å². The SMILES string of the molecule is CS(=O)(=O)CCSc1nnc(-c2cc3ccccc3o2)o1. The lowest BCUT2D eigenvalue weighted by molar-refractivity contribution is 0.452. The van der Waals surface area contributed by atoms with E-state index >= 15 is 0 Å². The number of sulfone groups is 1. The molecule has 0 radical (unpaired) electrons. The molecular weight excluding hydrogens is 312 g/mol. The average molecular weight is 324 g/mol. The third-order valence-corrected chi connectivity index (χ3v) is 4.75. The van der Waals surface area contributed by atoms with Crippen LogP contribution in [0.2, 0.25) is 0 Å². The minimum Gasteiger partial charge on any atom is -0.451 e. The van der Waals surface area contributed by atoms with Crippen LogP contribution in [0.5, 0.6) is 0 Å². The summed E-state index contributed by atoms with van der Waals surface area (Å²) in [6.07, 6.45) is 1.20. The van der Waals surface area contributed by atoms with Crippen molar-refractivity contribution in [3.05, 3.63) is 30.3 Å². The fraction of sp³-hybridized carbons (Fsp3) is 0.231. The first kappa shape index (κ1) is 14.2. The first-order valence-corrected chi connectivity index (χ1v) is 9.19. The van der Waals surface area contributed by atoms with Gasteiger partial charge in [0.25, 0.3) is 11.1 Å². The van der Waals surface area contributed by atoms with Gasteiger partial charge in [-0.15, -0.1) is 10.2 Å². The van der Waals surface area contributed by atoms with Crippen molar-refractivity contribution >= 4 is 32.6 Å². The fourth-order valence-corrected chi connectivity index (χ4v) is 3.69. The van der Waals surface area contributed by atoms with Crippen LogP contribution in [0.15, 0.2) is 44.4 Å². The number of hydrogen-bond donors (Lipinski definition) is 0. The minimum absolute atomic E-state index is 0.0695. The predicted molar refractivity (Wildman–Crippen MR) is 79.9 cm³/mol. The smallest absolute Gasteiger partial charge is 0.284 e. The summed E-state index contributed by atoms with van der Waals surface area (Å²) in [5.74, 6) is 1.23. The highest BCUT2D eigenvalue weighted by Crippen LogP contribution is 2.28. The molecule has 8 heteroatoms. The second kappa shape index (κ2) is 5.53. The molecular formula is C13H12N2O4S2. The third-order valence-electron chi connectivity index (χ3n) is 2.72. The van der Waals surface area contributed by atoms with Crippen LogP contribution < -0.4 is 0 Å². The molecule has 0 N–H and O–H groups in total. The van der Waals surface area contributed by atoms with E-state index in [2.05, 4.69) is 10.2 Å². The molecule has 0 aliphatic carbocycles. The normalized spacial score (nSPS) is 12.0. The highest BCUT2D eigenvalue weighted by Gasteiger charge is 2.14. The molecule has 1 aromatic carbocycles. The lowest BCUT2D eigenvalue weighted by Crippen LogP contribution is -2.04. The number of benzene rings is 1. The maximum absolute atomic E-state index is 11.1. The van der Waals surface area contributed by atoms with Crippen LogP contribution in [0.4, 0.5) is 0 Å². The molecule has 2 heterocycles. The molecule has 0 atom stereocenters. The standard InChI is InChI=1S/C13H12N2O4S2/c1-21(16,17)7-6-20-13-15-14-12(19-13)11-8-9-4-2-3-5-10(9)18-11/h2-5,8H,6-7H2,1H3. The van der Waals surface area contributed by atoms with E-state index in [9.17, 15) is 8.42 Å². The van der Waals surface area contributed by atoms with Crippen molar-refractivity contribution in [1.82, 2.24) is 10.2 Å². The van der Waals surface area contributed by atoms with Crippen LogP contribution in [0.1, 0.15) is 0 Å². The molecule has 0 unspecified atom stereocenters. The number of nitrogens with zero attached hydrogens (tertiary/aromatic N) is 2. The molecule has 0 fully saturated rings. The van der Waals surface area contributed by atoms with Crippen LogP contribution >= 0.6 is 11.8 Å². The zero-order valence-electron chi connectivity index (χ0n) is 11.1. The van der Waals surface area contributed by atoms with Crippen molar-refractivity contribution in [3.8, 4) is 11.7 Å². The summed E-state index contributed by atoms with van der Waals surface area (Å²) in [4.78, 5) is 0. The van der Waals surface area contributed by atoms with Gasteiger partial charge in [-0.3, -0.25) is 0 Å². The van der Waals surface area contributed by atoms with Crippen molar-refractivity contribution in [3.63, 3.8) is 0 Å². The summed E-state index contributed by atoms with van der Waals surface area (Å²) < 4.78 is 33.2. The highest BCUT2D eigenvalue weighted by atomic mass is 32.2. The molecule has 0 saturated heterocycles. The summed E-state index contributed by atoms with van der Waals surface area (Å²) in [6.45, 7) is 0. The van der Waals surface area contributed by atoms with Gasteiger partial charge in [0.1, 0.15) is 15.4 Å². The molecule has 0 spiro atoms. The summed E-state index contributed by atoms with van der Waals surface area (Å²) >= 11 is 1.21. The van der Waals surface area contributed by atoms with E-state index in [1.807, 2.05) is 30.3 Å². The summed E-state index contributed by atoms with van der Waals surface area (Å²) in [7, 11) is -2.99. The van der Waals surface area contributed by atoms with E-state index in [1.54, 1.807) is 0 Å². The molecule has 2 aromatic heterocycles. The van der Waals surface area contributed by atoms with Gasteiger partial charge >= 0.3 is 0 Å². The van der Waals surface area contributed by atoms with E-state index in [4.69, 9.17) is 8.83 Å². The molecule has 0 aliphatic rings.